The number of para-hydroxylation sites is 1. The molecule has 2 aromatic heterocycles. The van der Waals surface area contributed by atoms with Gasteiger partial charge in [0.2, 0.25) is 5.91 Å². The van der Waals surface area contributed by atoms with Crippen LogP contribution in [-0.2, 0) is 11.2 Å². The quantitative estimate of drug-likeness (QED) is 0.482. The lowest BCUT2D eigenvalue weighted by Gasteiger charge is -2.19. The molecule has 4 aromatic rings. The summed E-state index contributed by atoms with van der Waals surface area (Å²) in [4.78, 5) is 13.1. The summed E-state index contributed by atoms with van der Waals surface area (Å²) in [5.41, 5.74) is 1.70. The summed E-state index contributed by atoms with van der Waals surface area (Å²) in [6.45, 7) is 4.36. The first-order valence-corrected chi connectivity index (χ1v) is 9.87. The number of hydrogen-bond donors (Lipinski definition) is 1. The zero-order chi connectivity index (χ0) is 20.9. The summed E-state index contributed by atoms with van der Waals surface area (Å²) in [5, 5.41) is 15.3. The Hall–Kier alpha value is -3.68. The average Bonchev–Trinajstić information content (AvgIpc) is 3.43. The second-order valence-electron chi connectivity index (χ2n) is 6.98. The number of tetrazole rings is 1. The molecule has 0 aliphatic carbocycles. The Labute approximate surface area is 173 Å². The molecule has 2 heterocycles. The van der Waals surface area contributed by atoms with Gasteiger partial charge in [-0.1, -0.05) is 42.5 Å². The van der Waals surface area contributed by atoms with Crippen LogP contribution in [0.25, 0.3) is 11.0 Å². The van der Waals surface area contributed by atoms with Crippen molar-refractivity contribution in [3.05, 3.63) is 72.2 Å². The SMILES string of the molecule is CCOc1cccc2cc(C(C)NC(=O)C(Cc3ccccc3)n3cnnn3)oc12. The number of hydrogen-bond acceptors (Lipinski definition) is 6. The van der Waals surface area contributed by atoms with Crippen LogP contribution in [0.1, 0.15) is 37.3 Å². The third-order valence-electron chi connectivity index (χ3n) is 4.87. The summed E-state index contributed by atoms with van der Waals surface area (Å²) in [6.07, 6.45) is 1.92. The van der Waals surface area contributed by atoms with E-state index in [4.69, 9.17) is 9.15 Å². The first kappa shape index (κ1) is 19.6. The van der Waals surface area contributed by atoms with Gasteiger partial charge in [0.1, 0.15) is 18.1 Å². The minimum absolute atomic E-state index is 0.191. The van der Waals surface area contributed by atoms with Gasteiger partial charge in [0.05, 0.1) is 12.6 Å². The van der Waals surface area contributed by atoms with E-state index in [1.165, 1.54) is 11.0 Å². The predicted octanol–water partition coefficient (Wildman–Crippen LogP) is 3.48. The van der Waals surface area contributed by atoms with Gasteiger partial charge in [-0.3, -0.25) is 4.79 Å². The van der Waals surface area contributed by atoms with Crippen molar-refractivity contribution in [2.75, 3.05) is 6.61 Å². The molecule has 0 fully saturated rings. The second kappa shape index (κ2) is 8.77. The first-order valence-electron chi connectivity index (χ1n) is 9.87. The van der Waals surface area contributed by atoms with Crippen molar-refractivity contribution in [2.24, 2.45) is 0 Å². The number of furan rings is 1. The summed E-state index contributed by atoms with van der Waals surface area (Å²) in [5.74, 6) is 1.15. The van der Waals surface area contributed by atoms with Crippen molar-refractivity contribution in [1.82, 2.24) is 25.5 Å². The van der Waals surface area contributed by atoms with Gasteiger partial charge in [0, 0.05) is 11.8 Å². The molecule has 4 rings (SSSR count). The maximum atomic E-state index is 13.1. The Morgan fingerprint density at radius 1 is 1.20 bits per heavy atom. The van der Waals surface area contributed by atoms with Crippen LogP contribution in [0, 0.1) is 0 Å². The number of benzene rings is 2. The molecular formula is C22H23N5O3. The van der Waals surface area contributed by atoms with Crippen molar-refractivity contribution in [3.8, 4) is 5.75 Å². The van der Waals surface area contributed by atoms with Crippen molar-refractivity contribution in [3.63, 3.8) is 0 Å². The molecule has 0 saturated carbocycles. The molecule has 1 amide bonds. The third-order valence-corrected chi connectivity index (χ3v) is 4.87. The van der Waals surface area contributed by atoms with Gasteiger partial charge in [-0.2, -0.15) is 0 Å². The van der Waals surface area contributed by atoms with Gasteiger partial charge in [0.25, 0.3) is 0 Å². The number of rotatable bonds is 8. The van der Waals surface area contributed by atoms with Crippen LogP contribution in [-0.4, -0.2) is 32.7 Å². The van der Waals surface area contributed by atoms with Crippen molar-refractivity contribution >= 4 is 16.9 Å². The minimum atomic E-state index is -0.576. The lowest BCUT2D eigenvalue weighted by Crippen LogP contribution is -2.35. The molecule has 0 radical (unpaired) electrons. The molecule has 0 saturated heterocycles. The number of carbonyl (C=O) groups excluding carboxylic acids is 1. The minimum Gasteiger partial charge on any atom is -0.490 e. The highest BCUT2D eigenvalue weighted by molar-refractivity contribution is 5.84. The fourth-order valence-corrected chi connectivity index (χ4v) is 3.37. The Bertz CT molecular complexity index is 1110. The fraction of sp³-hybridized carbons (Fsp3) is 0.273. The van der Waals surface area contributed by atoms with E-state index in [0.717, 1.165) is 10.9 Å². The lowest BCUT2D eigenvalue weighted by molar-refractivity contribution is -0.125. The molecule has 0 aliphatic rings. The standard InChI is InChI=1S/C22H23N5O3/c1-3-29-19-11-7-10-17-13-20(30-21(17)19)15(2)24-22(28)18(27-14-23-25-26-27)12-16-8-5-4-6-9-16/h4-11,13-15,18H,3,12H2,1-2H3,(H,24,28). The van der Waals surface area contributed by atoms with Gasteiger partial charge in [-0.25, -0.2) is 4.68 Å². The van der Waals surface area contributed by atoms with E-state index in [9.17, 15) is 4.79 Å². The summed E-state index contributed by atoms with van der Waals surface area (Å²) < 4.78 is 13.1. The zero-order valence-electron chi connectivity index (χ0n) is 16.9. The largest absolute Gasteiger partial charge is 0.490 e. The fourth-order valence-electron chi connectivity index (χ4n) is 3.37. The number of nitrogens with one attached hydrogen (secondary N) is 1. The van der Waals surface area contributed by atoms with Crippen molar-refractivity contribution < 1.29 is 13.9 Å². The van der Waals surface area contributed by atoms with Crippen LogP contribution in [0.2, 0.25) is 0 Å². The van der Waals surface area contributed by atoms with Crippen molar-refractivity contribution in [2.45, 2.75) is 32.4 Å². The van der Waals surface area contributed by atoms with Crippen molar-refractivity contribution in [1.29, 1.82) is 0 Å². The van der Waals surface area contributed by atoms with Gasteiger partial charge in [0.15, 0.2) is 11.3 Å². The zero-order valence-corrected chi connectivity index (χ0v) is 16.9. The van der Waals surface area contributed by atoms with E-state index >= 15 is 0 Å². The highest BCUT2D eigenvalue weighted by Crippen LogP contribution is 2.31. The Morgan fingerprint density at radius 2 is 2.03 bits per heavy atom. The smallest absolute Gasteiger partial charge is 0.245 e. The van der Waals surface area contributed by atoms with Crippen LogP contribution in [0.3, 0.4) is 0 Å². The van der Waals surface area contributed by atoms with Crippen LogP contribution < -0.4 is 10.1 Å². The number of nitrogens with zero attached hydrogens (tertiary/aromatic N) is 4. The second-order valence-corrected chi connectivity index (χ2v) is 6.98. The summed E-state index contributed by atoms with van der Waals surface area (Å²) in [7, 11) is 0. The van der Waals surface area contributed by atoms with Gasteiger partial charge in [-0.05, 0) is 42.0 Å². The lowest BCUT2D eigenvalue weighted by atomic mass is 10.0. The predicted molar refractivity (Wildman–Crippen MR) is 111 cm³/mol. The van der Waals surface area contributed by atoms with E-state index in [-0.39, 0.29) is 11.9 Å². The number of aromatic nitrogens is 4. The maximum absolute atomic E-state index is 13.1. The van der Waals surface area contributed by atoms with Crippen LogP contribution in [0.5, 0.6) is 5.75 Å². The molecule has 2 unspecified atom stereocenters. The molecule has 0 aliphatic heterocycles. The highest BCUT2D eigenvalue weighted by Gasteiger charge is 2.25. The van der Waals surface area contributed by atoms with Crippen LogP contribution in [0.15, 0.2) is 65.3 Å². The number of ether oxygens (including phenoxy) is 1. The Kier molecular flexibility index (Phi) is 5.74. The molecule has 0 bridgehead atoms. The van der Waals surface area contributed by atoms with E-state index < -0.39 is 6.04 Å². The topological polar surface area (TPSA) is 95.1 Å². The van der Waals surface area contributed by atoms with E-state index in [0.29, 0.717) is 30.1 Å². The van der Waals surface area contributed by atoms with Gasteiger partial charge >= 0.3 is 0 Å². The normalized spacial score (nSPS) is 13.1. The van der Waals surface area contributed by atoms with Crippen LogP contribution in [0.4, 0.5) is 0 Å². The molecule has 8 heteroatoms. The number of carbonyl (C=O) groups is 1. The molecule has 154 valence electrons. The molecule has 30 heavy (non-hydrogen) atoms. The van der Waals surface area contributed by atoms with E-state index in [2.05, 4.69) is 20.8 Å². The maximum Gasteiger partial charge on any atom is 0.245 e. The summed E-state index contributed by atoms with van der Waals surface area (Å²) in [6, 6.07) is 16.5. The molecule has 0 spiro atoms. The van der Waals surface area contributed by atoms with E-state index in [1.807, 2.05) is 68.4 Å². The Morgan fingerprint density at radius 3 is 2.77 bits per heavy atom. The van der Waals surface area contributed by atoms with E-state index in [1.54, 1.807) is 0 Å². The van der Waals surface area contributed by atoms with Gasteiger partial charge < -0.3 is 14.5 Å². The molecular weight excluding hydrogens is 382 g/mol. The molecule has 2 aromatic carbocycles. The monoisotopic (exact) mass is 405 g/mol. The summed E-state index contributed by atoms with van der Waals surface area (Å²) >= 11 is 0. The number of amides is 1. The third kappa shape index (κ3) is 4.17. The average molecular weight is 405 g/mol. The Balaban J connectivity index is 1.55. The molecule has 8 nitrogen and oxygen atoms in total. The van der Waals surface area contributed by atoms with Gasteiger partial charge in [-0.15, -0.1) is 5.10 Å². The van der Waals surface area contributed by atoms with Crippen LogP contribution >= 0.6 is 0 Å². The molecule has 1 N–H and O–H groups in total. The molecule has 2 atom stereocenters. The first-order chi connectivity index (χ1) is 14.7. The number of fused-ring (bicyclic) bond motifs is 1. The highest BCUT2D eigenvalue weighted by atomic mass is 16.5.